The molecule has 2 rings (SSSR count). The van der Waals surface area contributed by atoms with Crippen molar-refractivity contribution in [3.63, 3.8) is 0 Å². The molecule has 0 aliphatic carbocycles. The van der Waals surface area contributed by atoms with Gasteiger partial charge >= 0.3 is 0 Å². The first kappa shape index (κ1) is 11.2. The lowest BCUT2D eigenvalue weighted by Gasteiger charge is -2.35. The van der Waals surface area contributed by atoms with Crippen LogP contribution in [0.4, 0.5) is 0 Å². The number of rotatable bonds is 1. The molecular weight excluding hydrogens is 190 g/mol. The summed E-state index contributed by atoms with van der Waals surface area (Å²) >= 11 is 0. The lowest BCUT2D eigenvalue weighted by Crippen LogP contribution is -2.51. The molecule has 0 aromatic rings. The summed E-state index contributed by atoms with van der Waals surface area (Å²) in [6, 6.07) is 0. The largest absolute Gasteiger partial charge is 0.374 e. The fourth-order valence-electron chi connectivity index (χ4n) is 2.00. The van der Waals surface area contributed by atoms with Crippen LogP contribution < -0.4 is 5.32 Å². The van der Waals surface area contributed by atoms with E-state index >= 15 is 0 Å². The summed E-state index contributed by atoms with van der Waals surface area (Å²) in [5, 5.41) is 3.36. The molecular formula is C9H18ClNO2. The summed E-state index contributed by atoms with van der Waals surface area (Å²) in [7, 11) is 0. The average Bonchev–Trinajstić information content (AvgIpc) is 2.55. The fourth-order valence-corrected chi connectivity index (χ4v) is 2.00. The molecule has 2 aliphatic rings. The monoisotopic (exact) mass is 207 g/mol. The van der Waals surface area contributed by atoms with Crippen LogP contribution in [-0.4, -0.2) is 31.6 Å². The third-order valence-corrected chi connectivity index (χ3v) is 2.77. The Morgan fingerprint density at radius 2 is 2.15 bits per heavy atom. The molecule has 0 spiro atoms. The normalized spacial score (nSPS) is 39.9. The second-order valence-electron chi connectivity index (χ2n) is 3.74. The highest BCUT2D eigenvalue weighted by Crippen LogP contribution is 2.26. The van der Waals surface area contributed by atoms with Gasteiger partial charge in [-0.25, -0.2) is 0 Å². The van der Waals surface area contributed by atoms with E-state index in [2.05, 4.69) is 12.2 Å². The maximum absolute atomic E-state index is 5.68. The molecule has 13 heavy (non-hydrogen) atoms. The first-order valence-electron chi connectivity index (χ1n) is 4.82. The van der Waals surface area contributed by atoms with Crippen molar-refractivity contribution in [1.29, 1.82) is 0 Å². The van der Waals surface area contributed by atoms with Crippen LogP contribution in [0.1, 0.15) is 26.2 Å². The minimum Gasteiger partial charge on any atom is -0.374 e. The minimum absolute atomic E-state index is 0. The van der Waals surface area contributed by atoms with Gasteiger partial charge in [-0.05, 0) is 26.2 Å². The van der Waals surface area contributed by atoms with Crippen molar-refractivity contribution in [1.82, 2.24) is 5.32 Å². The van der Waals surface area contributed by atoms with Crippen LogP contribution in [0.2, 0.25) is 0 Å². The summed E-state index contributed by atoms with van der Waals surface area (Å²) in [5.74, 6) is 0. The molecule has 2 atom stereocenters. The molecule has 78 valence electrons. The maximum Gasteiger partial charge on any atom is 0.142 e. The Kier molecular flexibility index (Phi) is 3.98. The molecule has 0 amide bonds. The number of hydrogen-bond donors (Lipinski definition) is 1. The zero-order valence-corrected chi connectivity index (χ0v) is 8.86. The van der Waals surface area contributed by atoms with E-state index < -0.39 is 0 Å². The zero-order valence-electron chi connectivity index (χ0n) is 8.04. The summed E-state index contributed by atoms with van der Waals surface area (Å²) in [6.45, 7) is 4.76. The van der Waals surface area contributed by atoms with Crippen molar-refractivity contribution < 1.29 is 9.47 Å². The second-order valence-corrected chi connectivity index (χ2v) is 3.74. The van der Waals surface area contributed by atoms with Gasteiger partial charge in [-0.2, -0.15) is 0 Å². The lowest BCUT2D eigenvalue weighted by atomic mass is 10.0. The first-order chi connectivity index (χ1) is 5.81. The molecule has 0 aromatic heterocycles. The van der Waals surface area contributed by atoms with Gasteiger partial charge in [0.15, 0.2) is 0 Å². The molecule has 0 bridgehead atoms. The highest BCUT2D eigenvalue weighted by atomic mass is 35.5. The average molecular weight is 208 g/mol. The summed E-state index contributed by atoms with van der Waals surface area (Å²) in [6.07, 6.45) is 3.86. The fraction of sp³-hybridized carbons (Fsp3) is 1.00. The van der Waals surface area contributed by atoms with Gasteiger partial charge in [0.05, 0.1) is 12.7 Å². The van der Waals surface area contributed by atoms with Crippen LogP contribution in [0.15, 0.2) is 0 Å². The minimum atomic E-state index is -0.208. The Morgan fingerprint density at radius 1 is 1.31 bits per heavy atom. The quantitative estimate of drug-likeness (QED) is 0.704. The molecule has 3 nitrogen and oxygen atoms in total. The van der Waals surface area contributed by atoms with E-state index in [0.29, 0.717) is 0 Å². The first-order valence-corrected chi connectivity index (χ1v) is 4.82. The van der Waals surface area contributed by atoms with Crippen molar-refractivity contribution in [2.45, 2.75) is 38.0 Å². The van der Waals surface area contributed by atoms with E-state index in [0.717, 1.165) is 26.2 Å². The van der Waals surface area contributed by atoms with Crippen LogP contribution >= 0.6 is 12.4 Å². The molecule has 0 radical (unpaired) electrons. The number of halogens is 1. The summed E-state index contributed by atoms with van der Waals surface area (Å²) < 4.78 is 11.3. The van der Waals surface area contributed by atoms with Gasteiger partial charge in [0.1, 0.15) is 5.72 Å². The Bertz CT molecular complexity index is 154. The molecule has 1 N–H and O–H groups in total. The van der Waals surface area contributed by atoms with Gasteiger partial charge in [-0.15, -0.1) is 12.4 Å². The summed E-state index contributed by atoms with van der Waals surface area (Å²) in [5.41, 5.74) is -0.208. The third kappa shape index (κ3) is 2.34. The molecule has 4 heteroatoms. The van der Waals surface area contributed by atoms with Crippen molar-refractivity contribution in [2.75, 3.05) is 19.8 Å². The van der Waals surface area contributed by atoms with E-state index in [1.807, 2.05) is 0 Å². The van der Waals surface area contributed by atoms with E-state index in [4.69, 9.17) is 9.47 Å². The zero-order chi connectivity index (χ0) is 8.44. The maximum atomic E-state index is 5.68. The lowest BCUT2D eigenvalue weighted by molar-refractivity contribution is -0.135. The van der Waals surface area contributed by atoms with Gasteiger partial charge in [-0.1, -0.05) is 0 Å². The topological polar surface area (TPSA) is 30.5 Å². The predicted octanol–water partition coefficient (Wildman–Crippen LogP) is 1.31. The Morgan fingerprint density at radius 3 is 2.69 bits per heavy atom. The summed E-state index contributed by atoms with van der Waals surface area (Å²) in [4.78, 5) is 0. The second kappa shape index (κ2) is 4.60. The molecule has 0 aromatic carbocycles. The molecule has 2 heterocycles. The van der Waals surface area contributed by atoms with E-state index in [1.165, 1.54) is 12.8 Å². The number of hydrogen-bond acceptors (Lipinski definition) is 3. The standard InChI is InChI=1S/C9H17NO2.ClH/c1-9(10-5-7-12-9)8-4-2-3-6-11-8;/h8,10H,2-7H2,1H3;1H. The highest BCUT2D eigenvalue weighted by Gasteiger charge is 2.39. The van der Waals surface area contributed by atoms with E-state index in [9.17, 15) is 0 Å². The van der Waals surface area contributed by atoms with Gasteiger partial charge in [-0.3, -0.25) is 5.32 Å². The van der Waals surface area contributed by atoms with Crippen LogP contribution in [0.25, 0.3) is 0 Å². The molecule has 0 saturated carbocycles. The number of ether oxygens (including phenoxy) is 2. The van der Waals surface area contributed by atoms with Gasteiger partial charge in [0.25, 0.3) is 0 Å². The van der Waals surface area contributed by atoms with Crippen molar-refractivity contribution in [2.24, 2.45) is 0 Å². The molecule has 2 unspecified atom stereocenters. The Hall–Kier alpha value is 0.170. The molecule has 2 aliphatic heterocycles. The Balaban J connectivity index is 0.000000845. The van der Waals surface area contributed by atoms with Crippen LogP contribution in [-0.2, 0) is 9.47 Å². The van der Waals surface area contributed by atoms with Gasteiger partial charge < -0.3 is 9.47 Å². The van der Waals surface area contributed by atoms with Gasteiger partial charge in [0, 0.05) is 13.2 Å². The van der Waals surface area contributed by atoms with Crippen LogP contribution in [0.3, 0.4) is 0 Å². The smallest absolute Gasteiger partial charge is 0.142 e. The SMILES string of the molecule is CC1(C2CCCCO2)NCCO1.Cl. The van der Waals surface area contributed by atoms with E-state index in [1.54, 1.807) is 0 Å². The van der Waals surface area contributed by atoms with E-state index in [-0.39, 0.29) is 24.2 Å². The molecule has 2 saturated heterocycles. The van der Waals surface area contributed by atoms with Crippen LogP contribution in [0, 0.1) is 0 Å². The highest BCUT2D eigenvalue weighted by molar-refractivity contribution is 5.85. The Labute approximate surface area is 85.6 Å². The van der Waals surface area contributed by atoms with Crippen molar-refractivity contribution in [3.05, 3.63) is 0 Å². The van der Waals surface area contributed by atoms with Gasteiger partial charge in [0.2, 0.25) is 0 Å². The third-order valence-electron chi connectivity index (χ3n) is 2.77. The van der Waals surface area contributed by atoms with Crippen LogP contribution in [0.5, 0.6) is 0 Å². The van der Waals surface area contributed by atoms with Crippen molar-refractivity contribution in [3.8, 4) is 0 Å². The predicted molar refractivity (Wildman–Crippen MR) is 53.2 cm³/mol. The molecule has 2 fully saturated rings. The number of nitrogens with one attached hydrogen (secondary N) is 1. The van der Waals surface area contributed by atoms with Crippen molar-refractivity contribution >= 4 is 12.4 Å².